The van der Waals surface area contributed by atoms with Crippen LogP contribution in [0.3, 0.4) is 0 Å². The Balaban J connectivity index is 2.06. The number of aromatic nitrogens is 1. The van der Waals surface area contributed by atoms with Gasteiger partial charge in [0.1, 0.15) is 0 Å². The molecule has 3 nitrogen and oxygen atoms in total. The third-order valence-corrected chi connectivity index (χ3v) is 3.63. The van der Waals surface area contributed by atoms with Crippen LogP contribution in [0.15, 0.2) is 29.2 Å². The molecule has 0 saturated heterocycles. The minimum Gasteiger partial charge on any atom is -0.315 e. The van der Waals surface area contributed by atoms with Crippen LogP contribution in [0.2, 0.25) is 0 Å². The molecular formula is C13H20N2O. The van der Waals surface area contributed by atoms with Crippen LogP contribution in [-0.2, 0) is 6.54 Å². The zero-order valence-corrected chi connectivity index (χ0v) is 9.86. The maximum atomic E-state index is 11.6. The van der Waals surface area contributed by atoms with E-state index in [4.69, 9.17) is 0 Å². The molecule has 1 unspecified atom stereocenters. The van der Waals surface area contributed by atoms with Gasteiger partial charge in [-0.05, 0) is 31.9 Å². The average Bonchev–Trinajstić information content (AvgIpc) is 2.81. The lowest BCUT2D eigenvalue weighted by Gasteiger charge is -2.23. The molecule has 0 radical (unpaired) electrons. The molecule has 88 valence electrons. The van der Waals surface area contributed by atoms with Gasteiger partial charge in [-0.15, -0.1) is 0 Å². The van der Waals surface area contributed by atoms with Gasteiger partial charge in [-0.2, -0.15) is 0 Å². The van der Waals surface area contributed by atoms with Gasteiger partial charge in [0, 0.05) is 24.8 Å². The fourth-order valence-corrected chi connectivity index (χ4v) is 2.66. The Hall–Kier alpha value is -1.09. The highest BCUT2D eigenvalue weighted by Gasteiger charge is 2.23. The predicted octanol–water partition coefficient (Wildman–Crippen LogP) is 1.63. The van der Waals surface area contributed by atoms with Gasteiger partial charge in [0.05, 0.1) is 0 Å². The van der Waals surface area contributed by atoms with Crippen molar-refractivity contribution in [2.45, 2.75) is 38.3 Å². The molecule has 16 heavy (non-hydrogen) atoms. The van der Waals surface area contributed by atoms with Gasteiger partial charge in [-0.3, -0.25) is 4.79 Å². The largest absolute Gasteiger partial charge is 0.315 e. The summed E-state index contributed by atoms with van der Waals surface area (Å²) in [5, 5.41) is 3.36. The molecular weight excluding hydrogens is 200 g/mol. The predicted molar refractivity (Wildman–Crippen MR) is 65.5 cm³/mol. The molecule has 0 amide bonds. The molecule has 3 heteroatoms. The number of hydrogen-bond donors (Lipinski definition) is 1. The summed E-state index contributed by atoms with van der Waals surface area (Å²) in [6.07, 6.45) is 7.15. The minimum absolute atomic E-state index is 0.0979. The van der Waals surface area contributed by atoms with E-state index in [-0.39, 0.29) is 5.56 Å². The molecule has 1 aromatic rings. The first-order valence-electron chi connectivity index (χ1n) is 6.14. The lowest BCUT2D eigenvalue weighted by molar-refractivity contribution is 0.337. The van der Waals surface area contributed by atoms with Gasteiger partial charge >= 0.3 is 0 Å². The second kappa shape index (κ2) is 5.30. The summed E-state index contributed by atoms with van der Waals surface area (Å²) in [6.45, 7) is 0.792. The summed E-state index contributed by atoms with van der Waals surface area (Å²) < 4.78 is 1.81. The van der Waals surface area contributed by atoms with Crippen LogP contribution in [0.1, 0.15) is 25.7 Å². The smallest absolute Gasteiger partial charge is 0.250 e. The van der Waals surface area contributed by atoms with E-state index in [1.807, 2.05) is 19.3 Å². The molecule has 1 aliphatic carbocycles. The monoisotopic (exact) mass is 220 g/mol. The molecule has 1 N–H and O–H groups in total. The van der Waals surface area contributed by atoms with Crippen molar-refractivity contribution in [3.05, 3.63) is 34.7 Å². The maximum absolute atomic E-state index is 11.6. The van der Waals surface area contributed by atoms with Crippen molar-refractivity contribution in [1.82, 2.24) is 9.88 Å². The Morgan fingerprint density at radius 3 is 2.81 bits per heavy atom. The van der Waals surface area contributed by atoms with Gasteiger partial charge in [-0.1, -0.05) is 18.9 Å². The van der Waals surface area contributed by atoms with E-state index in [9.17, 15) is 4.79 Å². The first kappa shape index (κ1) is 11.4. The van der Waals surface area contributed by atoms with Crippen LogP contribution in [0.25, 0.3) is 0 Å². The molecule has 1 atom stereocenters. The molecule has 0 bridgehead atoms. The normalized spacial score (nSPS) is 18.8. The van der Waals surface area contributed by atoms with E-state index < -0.39 is 0 Å². The molecule has 0 aromatic carbocycles. The number of likely N-dealkylation sites (N-methyl/N-ethyl adjacent to an activating group) is 1. The zero-order chi connectivity index (χ0) is 11.4. The Morgan fingerprint density at radius 2 is 2.19 bits per heavy atom. The molecule has 1 aliphatic rings. The van der Waals surface area contributed by atoms with Crippen LogP contribution < -0.4 is 10.9 Å². The molecule has 1 heterocycles. The van der Waals surface area contributed by atoms with Crippen molar-refractivity contribution in [1.29, 1.82) is 0 Å². The van der Waals surface area contributed by atoms with Gasteiger partial charge < -0.3 is 9.88 Å². The second-order valence-corrected chi connectivity index (χ2v) is 4.63. The van der Waals surface area contributed by atoms with Crippen molar-refractivity contribution in [3.8, 4) is 0 Å². The number of pyridine rings is 1. The SMILES string of the molecule is CNC(Cn1ccccc1=O)C1CCCC1. The molecule has 1 aromatic heterocycles. The molecule has 2 rings (SSSR count). The zero-order valence-electron chi connectivity index (χ0n) is 9.86. The average molecular weight is 220 g/mol. The Kier molecular flexibility index (Phi) is 3.78. The number of rotatable bonds is 4. The highest BCUT2D eigenvalue weighted by Crippen LogP contribution is 2.28. The Morgan fingerprint density at radius 1 is 1.44 bits per heavy atom. The van der Waals surface area contributed by atoms with Gasteiger partial charge in [-0.25, -0.2) is 0 Å². The summed E-state index contributed by atoms with van der Waals surface area (Å²) in [4.78, 5) is 11.6. The van der Waals surface area contributed by atoms with E-state index in [0.29, 0.717) is 6.04 Å². The van der Waals surface area contributed by atoms with Crippen molar-refractivity contribution in [2.24, 2.45) is 5.92 Å². The quantitative estimate of drug-likeness (QED) is 0.836. The highest BCUT2D eigenvalue weighted by atomic mass is 16.1. The Bertz CT molecular complexity index is 380. The summed E-state index contributed by atoms with van der Waals surface area (Å²) in [6, 6.07) is 5.77. The van der Waals surface area contributed by atoms with Crippen molar-refractivity contribution < 1.29 is 0 Å². The fraction of sp³-hybridized carbons (Fsp3) is 0.615. The highest BCUT2D eigenvalue weighted by molar-refractivity contribution is 4.94. The third kappa shape index (κ3) is 2.53. The van der Waals surface area contributed by atoms with Gasteiger partial charge in [0.2, 0.25) is 0 Å². The van der Waals surface area contributed by atoms with Crippen LogP contribution in [-0.4, -0.2) is 17.7 Å². The van der Waals surface area contributed by atoms with E-state index in [2.05, 4.69) is 5.32 Å². The molecule has 0 aliphatic heterocycles. The fourth-order valence-electron chi connectivity index (χ4n) is 2.66. The Labute approximate surface area is 96.5 Å². The maximum Gasteiger partial charge on any atom is 0.250 e. The number of hydrogen-bond acceptors (Lipinski definition) is 2. The lowest BCUT2D eigenvalue weighted by atomic mass is 9.98. The van der Waals surface area contributed by atoms with E-state index in [1.165, 1.54) is 25.7 Å². The van der Waals surface area contributed by atoms with E-state index in [0.717, 1.165) is 12.5 Å². The second-order valence-electron chi connectivity index (χ2n) is 4.63. The summed E-state index contributed by atoms with van der Waals surface area (Å²) in [7, 11) is 2.00. The number of nitrogens with zero attached hydrogens (tertiary/aromatic N) is 1. The van der Waals surface area contributed by atoms with Crippen LogP contribution in [0, 0.1) is 5.92 Å². The van der Waals surface area contributed by atoms with Crippen molar-refractivity contribution in [2.75, 3.05) is 7.05 Å². The first-order valence-corrected chi connectivity index (χ1v) is 6.14. The summed E-state index contributed by atoms with van der Waals surface area (Å²) in [5.74, 6) is 0.733. The summed E-state index contributed by atoms with van der Waals surface area (Å²) >= 11 is 0. The summed E-state index contributed by atoms with van der Waals surface area (Å²) in [5.41, 5.74) is 0.0979. The van der Waals surface area contributed by atoms with Crippen LogP contribution in [0.5, 0.6) is 0 Å². The van der Waals surface area contributed by atoms with E-state index >= 15 is 0 Å². The van der Waals surface area contributed by atoms with E-state index in [1.54, 1.807) is 16.7 Å². The topological polar surface area (TPSA) is 34.0 Å². The van der Waals surface area contributed by atoms with Crippen molar-refractivity contribution in [3.63, 3.8) is 0 Å². The number of nitrogens with one attached hydrogen (secondary N) is 1. The first-order chi connectivity index (χ1) is 7.81. The molecule has 1 saturated carbocycles. The van der Waals surface area contributed by atoms with Crippen LogP contribution >= 0.6 is 0 Å². The third-order valence-electron chi connectivity index (χ3n) is 3.63. The van der Waals surface area contributed by atoms with Gasteiger partial charge in [0.25, 0.3) is 5.56 Å². The van der Waals surface area contributed by atoms with Crippen LogP contribution in [0.4, 0.5) is 0 Å². The van der Waals surface area contributed by atoms with Crippen molar-refractivity contribution >= 4 is 0 Å². The lowest BCUT2D eigenvalue weighted by Crippen LogP contribution is -2.38. The standard InChI is InChI=1S/C13H20N2O/c1-14-12(11-6-2-3-7-11)10-15-9-5-4-8-13(15)16/h4-5,8-9,11-12,14H,2-3,6-7,10H2,1H3. The van der Waals surface area contributed by atoms with Gasteiger partial charge in [0.15, 0.2) is 0 Å². The molecule has 0 spiro atoms. The minimum atomic E-state index is 0.0979. The molecule has 1 fully saturated rings.